The van der Waals surface area contributed by atoms with Gasteiger partial charge in [-0.25, -0.2) is 0 Å². The molecule has 0 radical (unpaired) electrons. The third-order valence-corrected chi connectivity index (χ3v) is 3.11. The molecule has 0 aliphatic carbocycles. The number of aryl methyl sites for hydroxylation is 2. The molecule has 5 heteroatoms. The van der Waals surface area contributed by atoms with E-state index in [2.05, 4.69) is 20.4 Å². The maximum Gasteiger partial charge on any atom is 0.0630 e. The number of thioether (sulfide) groups is 1. The van der Waals surface area contributed by atoms with Gasteiger partial charge in [0.25, 0.3) is 0 Å². The summed E-state index contributed by atoms with van der Waals surface area (Å²) in [5.74, 6) is 2.24. The van der Waals surface area contributed by atoms with Crippen molar-refractivity contribution in [2.75, 3.05) is 11.5 Å². The Morgan fingerprint density at radius 1 is 0.933 bits per heavy atom. The summed E-state index contributed by atoms with van der Waals surface area (Å²) < 4.78 is 0. The van der Waals surface area contributed by atoms with Crippen LogP contribution >= 0.6 is 11.8 Å². The zero-order chi connectivity index (χ0) is 10.3. The highest BCUT2D eigenvalue weighted by molar-refractivity contribution is 7.99. The molecule has 15 heavy (non-hydrogen) atoms. The normalized spacial score (nSPS) is 10.7. The third kappa shape index (κ3) is 3.43. The lowest BCUT2D eigenvalue weighted by atomic mass is 10.3. The van der Waals surface area contributed by atoms with E-state index < -0.39 is 0 Å². The quantitative estimate of drug-likeness (QED) is 0.731. The summed E-state index contributed by atoms with van der Waals surface area (Å²) in [6.07, 6.45) is 5.80. The topological polar surface area (TPSA) is 57.4 Å². The van der Waals surface area contributed by atoms with Crippen LogP contribution in [0.2, 0.25) is 0 Å². The van der Waals surface area contributed by atoms with Gasteiger partial charge in [0.15, 0.2) is 0 Å². The number of H-pyrrole nitrogens is 2. The SMILES string of the molecule is c1cc(CCSCCc2cc[nH]n2)n[nH]1. The minimum Gasteiger partial charge on any atom is -0.285 e. The fraction of sp³-hybridized carbons (Fsp3) is 0.400. The zero-order valence-electron chi connectivity index (χ0n) is 8.44. The maximum absolute atomic E-state index is 4.11. The molecule has 0 bridgehead atoms. The number of rotatable bonds is 6. The highest BCUT2D eigenvalue weighted by Gasteiger charge is 1.97. The van der Waals surface area contributed by atoms with E-state index in [0.29, 0.717) is 0 Å². The van der Waals surface area contributed by atoms with Gasteiger partial charge < -0.3 is 0 Å². The average Bonchev–Trinajstić information content (AvgIpc) is 2.88. The molecule has 80 valence electrons. The van der Waals surface area contributed by atoms with Crippen molar-refractivity contribution >= 4 is 11.8 Å². The molecule has 2 N–H and O–H groups in total. The van der Waals surface area contributed by atoms with Crippen LogP contribution in [0.15, 0.2) is 24.5 Å². The van der Waals surface area contributed by atoms with Crippen LogP contribution < -0.4 is 0 Å². The van der Waals surface area contributed by atoms with Crippen molar-refractivity contribution in [3.63, 3.8) is 0 Å². The first-order chi connectivity index (χ1) is 7.45. The van der Waals surface area contributed by atoms with E-state index in [-0.39, 0.29) is 0 Å². The predicted molar refractivity (Wildman–Crippen MR) is 61.9 cm³/mol. The molecule has 0 amide bonds. The smallest absolute Gasteiger partial charge is 0.0630 e. The van der Waals surface area contributed by atoms with E-state index in [9.17, 15) is 0 Å². The van der Waals surface area contributed by atoms with Crippen LogP contribution in [-0.2, 0) is 12.8 Å². The molecule has 0 unspecified atom stereocenters. The van der Waals surface area contributed by atoms with Gasteiger partial charge in [-0.3, -0.25) is 10.2 Å². The summed E-state index contributed by atoms with van der Waals surface area (Å²) in [5, 5.41) is 13.9. The standard InChI is InChI=1S/C10H14N4S/c1-5-11-13-9(1)3-7-15-8-4-10-2-6-12-14-10/h1-2,5-6H,3-4,7-8H2,(H,11,13)(H,12,14). The fourth-order valence-corrected chi connectivity index (χ4v) is 2.23. The fourth-order valence-electron chi connectivity index (χ4n) is 1.32. The summed E-state index contributed by atoms with van der Waals surface area (Å²) in [4.78, 5) is 0. The van der Waals surface area contributed by atoms with Gasteiger partial charge in [-0.05, 0) is 23.6 Å². The second-order valence-corrected chi connectivity index (χ2v) is 4.47. The number of nitrogens with one attached hydrogen (secondary N) is 2. The lowest BCUT2D eigenvalue weighted by Crippen LogP contribution is -1.93. The van der Waals surface area contributed by atoms with Crippen molar-refractivity contribution in [3.8, 4) is 0 Å². The second kappa shape index (κ2) is 5.60. The van der Waals surface area contributed by atoms with Gasteiger partial charge in [0.1, 0.15) is 0 Å². The van der Waals surface area contributed by atoms with Crippen molar-refractivity contribution < 1.29 is 0 Å². The van der Waals surface area contributed by atoms with E-state index in [1.54, 1.807) is 0 Å². The number of aromatic nitrogens is 4. The van der Waals surface area contributed by atoms with Crippen molar-refractivity contribution in [2.24, 2.45) is 0 Å². The Balaban J connectivity index is 1.56. The number of hydrogen-bond acceptors (Lipinski definition) is 3. The Bertz CT molecular complexity index is 318. The first kappa shape index (κ1) is 10.3. The second-order valence-electron chi connectivity index (χ2n) is 3.24. The van der Waals surface area contributed by atoms with Gasteiger partial charge >= 0.3 is 0 Å². The van der Waals surface area contributed by atoms with Gasteiger partial charge in [0.05, 0.1) is 11.4 Å². The van der Waals surface area contributed by atoms with Crippen LogP contribution in [0.5, 0.6) is 0 Å². The van der Waals surface area contributed by atoms with Crippen LogP contribution in [-0.4, -0.2) is 31.9 Å². The number of aromatic amines is 2. The third-order valence-electron chi connectivity index (χ3n) is 2.12. The van der Waals surface area contributed by atoms with Crippen LogP contribution in [0, 0.1) is 0 Å². The largest absolute Gasteiger partial charge is 0.285 e. The predicted octanol–water partition coefficient (Wildman–Crippen LogP) is 1.65. The minimum absolute atomic E-state index is 1.04. The van der Waals surface area contributed by atoms with Gasteiger partial charge in [-0.2, -0.15) is 22.0 Å². The first-order valence-electron chi connectivity index (χ1n) is 5.00. The monoisotopic (exact) mass is 222 g/mol. The Hall–Kier alpha value is -1.23. The molecule has 2 rings (SSSR count). The molecule has 0 aliphatic rings. The lowest BCUT2D eigenvalue weighted by molar-refractivity contribution is 0.970. The molecule has 0 aromatic carbocycles. The Kier molecular flexibility index (Phi) is 3.84. The highest BCUT2D eigenvalue weighted by Crippen LogP contribution is 2.07. The summed E-state index contributed by atoms with van der Waals surface area (Å²) in [5.41, 5.74) is 2.28. The molecular formula is C10H14N4S. The molecule has 0 fully saturated rings. The zero-order valence-corrected chi connectivity index (χ0v) is 9.26. The maximum atomic E-state index is 4.11. The molecule has 0 saturated carbocycles. The molecule has 2 aromatic heterocycles. The van der Waals surface area contributed by atoms with E-state index >= 15 is 0 Å². The Morgan fingerprint density at radius 3 is 1.87 bits per heavy atom. The van der Waals surface area contributed by atoms with Crippen molar-refractivity contribution in [1.82, 2.24) is 20.4 Å². The van der Waals surface area contributed by atoms with Gasteiger partial charge in [0.2, 0.25) is 0 Å². The van der Waals surface area contributed by atoms with Crippen LogP contribution in [0.1, 0.15) is 11.4 Å². The van der Waals surface area contributed by atoms with Crippen LogP contribution in [0.4, 0.5) is 0 Å². The molecule has 0 spiro atoms. The summed E-state index contributed by atoms with van der Waals surface area (Å²) in [6.45, 7) is 0. The van der Waals surface area contributed by atoms with Crippen LogP contribution in [0.3, 0.4) is 0 Å². The molecular weight excluding hydrogens is 208 g/mol. The highest BCUT2D eigenvalue weighted by atomic mass is 32.2. The minimum atomic E-state index is 1.04. The molecule has 4 nitrogen and oxygen atoms in total. The molecule has 0 atom stereocenters. The average molecular weight is 222 g/mol. The Morgan fingerprint density at radius 2 is 1.47 bits per heavy atom. The van der Waals surface area contributed by atoms with Crippen LogP contribution in [0.25, 0.3) is 0 Å². The summed E-state index contributed by atoms with van der Waals surface area (Å²) in [7, 11) is 0. The molecule has 2 heterocycles. The molecule has 2 aromatic rings. The van der Waals surface area contributed by atoms with E-state index in [0.717, 1.165) is 35.7 Å². The molecule has 0 aliphatic heterocycles. The summed E-state index contributed by atoms with van der Waals surface area (Å²) in [6, 6.07) is 4.04. The van der Waals surface area contributed by atoms with Crippen molar-refractivity contribution in [2.45, 2.75) is 12.8 Å². The Labute approximate surface area is 92.9 Å². The molecule has 0 saturated heterocycles. The van der Waals surface area contributed by atoms with E-state index in [1.807, 2.05) is 36.3 Å². The lowest BCUT2D eigenvalue weighted by Gasteiger charge is -1.97. The van der Waals surface area contributed by atoms with Crippen molar-refractivity contribution in [1.29, 1.82) is 0 Å². The first-order valence-corrected chi connectivity index (χ1v) is 6.15. The number of hydrogen-bond donors (Lipinski definition) is 2. The summed E-state index contributed by atoms with van der Waals surface area (Å²) >= 11 is 1.94. The number of nitrogens with zero attached hydrogens (tertiary/aromatic N) is 2. The van der Waals surface area contributed by atoms with Gasteiger partial charge in [0, 0.05) is 25.2 Å². The van der Waals surface area contributed by atoms with E-state index in [1.165, 1.54) is 0 Å². The van der Waals surface area contributed by atoms with E-state index in [4.69, 9.17) is 0 Å². The van der Waals surface area contributed by atoms with Gasteiger partial charge in [-0.1, -0.05) is 0 Å². The van der Waals surface area contributed by atoms with Gasteiger partial charge in [-0.15, -0.1) is 0 Å². The van der Waals surface area contributed by atoms with Crippen molar-refractivity contribution in [3.05, 3.63) is 35.9 Å².